The Balaban J connectivity index is 1.26. The van der Waals surface area contributed by atoms with Gasteiger partial charge in [-0.2, -0.15) is 0 Å². The highest BCUT2D eigenvalue weighted by Gasteiger charge is 2.26. The van der Waals surface area contributed by atoms with E-state index >= 15 is 0 Å². The zero-order valence-corrected chi connectivity index (χ0v) is 18.9. The summed E-state index contributed by atoms with van der Waals surface area (Å²) >= 11 is 0. The quantitative estimate of drug-likeness (QED) is 0.529. The summed E-state index contributed by atoms with van der Waals surface area (Å²) in [5.41, 5.74) is 6.77. The lowest BCUT2D eigenvalue weighted by atomic mass is 10.1. The molecule has 7 nitrogen and oxygen atoms in total. The highest BCUT2D eigenvalue weighted by Crippen LogP contribution is 2.31. The van der Waals surface area contributed by atoms with Gasteiger partial charge in [-0.25, -0.2) is 14.8 Å². The topological polar surface area (TPSA) is 70.0 Å². The van der Waals surface area contributed by atoms with Crippen molar-refractivity contribution >= 4 is 11.3 Å². The summed E-state index contributed by atoms with van der Waals surface area (Å²) in [6.45, 7) is 5.43. The molecule has 1 aliphatic heterocycles. The van der Waals surface area contributed by atoms with Crippen LogP contribution in [0.25, 0.3) is 22.6 Å². The molecule has 0 bridgehead atoms. The molecule has 2 aliphatic rings. The van der Waals surface area contributed by atoms with E-state index in [1.807, 2.05) is 0 Å². The van der Waals surface area contributed by atoms with Crippen molar-refractivity contribution < 1.29 is 0 Å². The smallest absolute Gasteiger partial charge is 0.304 e. The molecule has 6 rings (SSSR count). The molecule has 1 N–H and O–H groups in total. The molecule has 168 valence electrons. The number of hydrogen-bond donors (Lipinski definition) is 1. The molecule has 1 aliphatic carbocycles. The van der Waals surface area contributed by atoms with E-state index in [9.17, 15) is 4.79 Å². The second-order valence-electron chi connectivity index (χ2n) is 9.33. The Morgan fingerprint density at radius 1 is 0.970 bits per heavy atom. The maximum Gasteiger partial charge on any atom is 0.329 e. The summed E-state index contributed by atoms with van der Waals surface area (Å²) in [7, 11) is 2.18. The third kappa shape index (κ3) is 3.87. The van der Waals surface area contributed by atoms with E-state index in [0.29, 0.717) is 11.3 Å². The van der Waals surface area contributed by atoms with Crippen molar-refractivity contribution in [2.75, 3.05) is 33.2 Å². The average Bonchev–Trinajstić information content (AvgIpc) is 3.40. The van der Waals surface area contributed by atoms with Crippen LogP contribution in [0.3, 0.4) is 0 Å². The van der Waals surface area contributed by atoms with Crippen LogP contribution in [-0.4, -0.2) is 62.5 Å². The van der Waals surface area contributed by atoms with Gasteiger partial charge in [-0.05, 0) is 36.6 Å². The van der Waals surface area contributed by atoms with Crippen molar-refractivity contribution in [3.63, 3.8) is 0 Å². The minimum absolute atomic E-state index is 0.0687. The summed E-state index contributed by atoms with van der Waals surface area (Å²) in [5.74, 6) is 0. The van der Waals surface area contributed by atoms with E-state index in [4.69, 9.17) is 4.98 Å². The molecule has 0 saturated carbocycles. The lowest BCUT2D eigenvalue weighted by molar-refractivity contribution is 0.148. The van der Waals surface area contributed by atoms with E-state index in [1.54, 1.807) is 10.8 Å². The number of hydrogen-bond acceptors (Lipinski definition) is 5. The molecule has 0 spiro atoms. The van der Waals surface area contributed by atoms with E-state index in [1.165, 1.54) is 16.7 Å². The third-order valence-corrected chi connectivity index (χ3v) is 7.07. The first-order valence-electron chi connectivity index (χ1n) is 11.7. The van der Waals surface area contributed by atoms with Gasteiger partial charge in [0.2, 0.25) is 0 Å². The summed E-state index contributed by atoms with van der Waals surface area (Å²) < 4.78 is 1.80. The zero-order chi connectivity index (χ0) is 22.4. The lowest BCUT2D eigenvalue weighted by Crippen LogP contribution is -2.43. The summed E-state index contributed by atoms with van der Waals surface area (Å²) in [4.78, 5) is 30.0. The van der Waals surface area contributed by atoms with Gasteiger partial charge < -0.3 is 4.90 Å². The second kappa shape index (κ2) is 8.24. The van der Waals surface area contributed by atoms with Gasteiger partial charge in [0.1, 0.15) is 0 Å². The van der Waals surface area contributed by atoms with E-state index in [0.717, 1.165) is 56.8 Å². The number of aromatic amines is 1. The molecular formula is C26H28N6O. The molecule has 0 unspecified atom stereocenters. The Morgan fingerprint density at radius 3 is 2.36 bits per heavy atom. The first kappa shape index (κ1) is 20.3. The van der Waals surface area contributed by atoms with Gasteiger partial charge in [-0.3, -0.25) is 14.5 Å². The third-order valence-electron chi connectivity index (χ3n) is 7.07. The van der Waals surface area contributed by atoms with Crippen LogP contribution in [0.1, 0.15) is 22.7 Å². The standard InChI is InChI=1S/C26H28N6O/c1-30-10-12-31(13-11-30)17-18-6-8-19(9-7-18)23-16-27-24-25(28-23)32(26(33)29-24)22-14-20-4-2-3-5-21(20)15-22/h2-9,16,22H,10-15,17H2,1H3,(H,27,29,33). The van der Waals surface area contributed by atoms with E-state index in [-0.39, 0.29) is 11.7 Å². The molecule has 7 heteroatoms. The van der Waals surface area contributed by atoms with Gasteiger partial charge in [0.15, 0.2) is 11.3 Å². The molecule has 0 atom stereocenters. The first-order chi connectivity index (χ1) is 16.1. The van der Waals surface area contributed by atoms with Crippen LogP contribution in [0.5, 0.6) is 0 Å². The fourth-order valence-electron chi connectivity index (χ4n) is 5.13. The number of piperazine rings is 1. The van der Waals surface area contributed by atoms with Gasteiger partial charge in [0.05, 0.1) is 11.9 Å². The van der Waals surface area contributed by atoms with Crippen LogP contribution >= 0.6 is 0 Å². The second-order valence-corrected chi connectivity index (χ2v) is 9.33. The summed E-state index contributed by atoms with van der Waals surface area (Å²) in [6, 6.07) is 17.1. The normalized spacial score (nSPS) is 17.6. The number of benzene rings is 2. The predicted molar refractivity (Wildman–Crippen MR) is 129 cm³/mol. The SMILES string of the molecule is CN1CCN(Cc2ccc(-c3cnc4[nH]c(=O)n(C5Cc6ccccc6C5)c4n3)cc2)CC1. The highest BCUT2D eigenvalue weighted by molar-refractivity contribution is 5.71. The Hall–Kier alpha value is -3.29. The van der Waals surface area contributed by atoms with Gasteiger partial charge in [0, 0.05) is 44.3 Å². The van der Waals surface area contributed by atoms with Crippen molar-refractivity contribution in [2.24, 2.45) is 0 Å². The molecule has 2 aromatic heterocycles. The van der Waals surface area contributed by atoms with Crippen LogP contribution in [-0.2, 0) is 19.4 Å². The molecule has 4 aromatic rings. The first-order valence-corrected chi connectivity index (χ1v) is 11.7. The van der Waals surface area contributed by atoms with Crippen molar-refractivity contribution in [1.29, 1.82) is 0 Å². The molecule has 3 heterocycles. The van der Waals surface area contributed by atoms with Crippen LogP contribution in [0.15, 0.2) is 59.5 Å². The van der Waals surface area contributed by atoms with Gasteiger partial charge >= 0.3 is 5.69 Å². The van der Waals surface area contributed by atoms with Crippen molar-refractivity contribution in [1.82, 2.24) is 29.3 Å². The molecule has 0 radical (unpaired) electrons. The zero-order valence-electron chi connectivity index (χ0n) is 18.9. The Bertz CT molecular complexity index is 1320. The fraction of sp³-hybridized carbons (Fsp3) is 0.346. The monoisotopic (exact) mass is 440 g/mol. The Kier molecular flexibility index (Phi) is 5.08. The van der Waals surface area contributed by atoms with E-state index in [2.05, 4.69) is 75.3 Å². The largest absolute Gasteiger partial charge is 0.329 e. The lowest BCUT2D eigenvalue weighted by Gasteiger charge is -2.32. The molecular weight excluding hydrogens is 412 g/mol. The minimum Gasteiger partial charge on any atom is -0.304 e. The van der Waals surface area contributed by atoms with Crippen LogP contribution < -0.4 is 5.69 Å². The summed E-state index contributed by atoms with van der Waals surface area (Å²) in [6.07, 6.45) is 3.44. The van der Waals surface area contributed by atoms with Gasteiger partial charge in [-0.1, -0.05) is 48.5 Å². The Labute approximate surface area is 192 Å². The number of aromatic nitrogens is 4. The van der Waals surface area contributed by atoms with E-state index < -0.39 is 0 Å². The van der Waals surface area contributed by atoms with Crippen molar-refractivity contribution in [3.8, 4) is 11.3 Å². The highest BCUT2D eigenvalue weighted by atomic mass is 16.1. The van der Waals surface area contributed by atoms with Crippen molar-refractivity contribution in [3.05, 3.63) is 81.9 Å². The van der Waals surface area contributed by atoms with Gasteiger partial charge in [-0.15, -0.1) is 0 Å². The van der Waals surface area contributed by atoms with Crippen LogP contribution in [0.2, 0.25) is 0 Å². The van der Waals surface area contributed by atoms with Crippen LogP contribution in [0, 0.1) is 0 Å². The number of fused-ring (bicyclic) bond motifs is 2. The fourth-order valence-corrected chi connectivity index (χ4v) is 5.13. The molecule has 33 heavy (non-hydrogen) atoms. The molecule has 1 saturated heterocycles. The molecule has 1 fully saturated rings. The maximum atomic E-state index is 12.8. The maximum absolute atomic E-state index is 12.8. The Morgan fingerprint density at radius 2 is 1.67 bits per heavy atom. The average molecular weight is 441 g/mol. The number of nitrogens with one attached hydrogen (secondary N) is 1. The number of rotatable bonds is 4. The molecule has 2 aromatic carbocycles. The molecule has 0 amide bonds. The van der Waals surface area contributed by atoms with Crippen LogP contribution in [0.4, 0.5) is 0 Å². The van der Waals surface area contributed by atoms with Crippen molar-refractivity contribution in [2.45, 2.75) is 25.4 Å². The predicted octanol–water partition coefficient (Wildman–Crippen LogP) is 2.87. The number of H-pyrrole nitrogens is 1. The summed E-state index contributed by atoms with van der Waals surface area (Å²) in [5, 5.41) is 0. The number of imidazole rings is 1. The number of nitrogens with zero attached hydrogens (tertiary/aromatic N) is 5. The number of likely N-dealkylation sites (N-methyl/N-ethyl adjacent to an activating group) is 1. The minimum atomic E-state index is -0.137. The van der Waals surface area contributed by atoms with Gasteiger partial charge in [0.25, 0.3) is 0 Å².